The highest BCUT2D eigenvalue weighted by Gasteiger charge is 2.28. The first kappa shape index (κ1) is 18.3. The average Bonchev–Trinajstić information content (AvgIpc) is 3.21. The molecule has 0 amide bonds. The van der Waals surface area contributed by atoms with Crippen molar-refractivity contribution in [2.24, 2.45) is 0 Å². The third-order valence-corrected chi connectivity index (χ3v) is 7.14. The first-order valence-electron chi connectivity index (χ1n) is 9.18. The molecular formula is C21H21ClN2O2S. The third-order valence-electron chi connectivity index (χ3n) is 5.11. The van der Waals surface area contributed by atoms with Crippen molar-refractivity contribution < 1.29 is 8.42 Å². The number of hydrogen-bond donors (Lipinski definition) is 0. The van der Waals surface area contributed by atoms with Crippen molar-refractivity contribution in [3.05, 3.63) is 59.2 Å². The second-order valence-corrected chi connectivity index (χ2v) is 9.18. The van der Waals surface area contributed by atoms with E-state index in [1.54, 1.807) is 24.3 Å². The lowest BCUT2D eigenvalue weighted by molar-refractivity contribution is 0.595. The van der Waals surface area contributed by atoms with Gasteiger partial charge in [0.25, 0.3) is 0 Å². The molecule has 140 valence electrons. The van der Waals surface area contributed by atoms with E-state index < -0.39 is 9.84 Å². The van der Waals surface area contributed by atoms with Gasteiger partial charge in [-0.2, -0.15) is 0 Å². The van der Waals surface area contributed by atoms with Gasteiger partial charge in [0.05, 0.1) is 16.1 Å². The molecule has 2 heterocycles. The zero-order valence-electron chi connectivity index (χ0n) is 15.2. The van der Waals surface area contributed by atoms with Gasteiger partial charge in [0, 0.05) is 29.7 Å². The molecule has 3 aromatic rings. The van der Waals surface area contributed by atoms with Crippen LogP contribution in [0, 0.1) is 0 Å². The lowest BCUT2D eigenvalue weighted by atomic mass is 10.1. The van der Waals surface area contributed by atoms with Gasteiger partial charge >= 0.3 is 0 Å². The van der Waals surface area contributed by atoms with E-state index in [1.165, 1.54) is 11.8 Å². The number of anilines is 1. The number of hydrogen-bond acceptors (Lipinski definition) is 4. The van der Waals surface area contributed by atoms with Crippen molar-refractivity contribution in [1.82, 2.24) is 4.98 Å². The molecule has 0 N–H and O–H groups in total. The van der Waals surface area contributed by atoms with E-state index in [2.05, 4.69) is 28.9 Å². The molecule has 0 bridgehead atoms. The number of pyridine rings is 1. The predicted molar refractivity (Wildman–Crippen MR) is 109 cm³/mol. The molecule has 4 rings (SSSR count). The largest absolute Gasteiger partial charge is 0.370 e. The third kappa shape index (κ3) is 3.30. The summed E-state index contributed by atoms with van der Waals surface area (Å²) in [6.07, 6.45) is 4.53. The molecule has 0 atom stereocenters. The zero-order valence-corrected chi connectivity index (χ0v) is 16.7. The van der Waals surface area contributed by atoms with Crippen LogP contribution in [0.3, 0.4) is 0 Å². The number of fused-ring (bicyclic) bond motifs is 1. The number of sulfone groups is 1. The molecule has 1 aliphatic rings. The van der Waals surface area contributed by atoms with Gasteiger partial charge in [0.15, 0.2) is 0 Å². The van der Waals surface area contributed by atoms with Gasteiger partial charge in [-0.25, -0.2) is 8.42 Å². The normalized spacial score (nSPS) is 14.8. The lowest BCUT2D eigenvalue weighted by Crippen LogP contribution is -2.21. The van der Waals surface area contributed by atoms with E-state index in [1.807, 2.05) is 6.07 Å². The van der Waals surface area contributed by atoms with Gasteiger partial charge in [-0.3, -0.25) is 4.98 Å². The van der Waals surface area contributed by atoms with Crippen molar-refractivity contribution in [2.75, 3.05) is 18.0 Å². The van der Waals surface area contributed by atoms with Gasteiger partial charge in [-0.1, -0.05) is 24.6 Å². The van der Waals surface area contributed by atoms with E-state index in [0.29, 0.717) is 5.02 Å². The number of aryl methyl sites for hydroxylation is 1. The number of nitrogens with zero attached hydrogens (tertiary/aromatic N) is 2. The summed E-state index contributed by atoms with van der Waals surface area (Å²) in [6.45, 7) is 3.82. The van der Waals surface area contributed by atoms with Crippen LogP contribution in [-0.2, 0) is 16.3 Å². The van der Waals surface area contributed by atoms with Crippen molar-refractivity contribution >= 4 is 38.0 Å². The Labute approximate surface area is 164 Å². The van der Waals surface area contributed by atoms with Crippen LogP contribution in [0.5, 0.6) is 0 Å². The molecule has 2 aromatic carbocycles. The fourth-order valence-electron chi connectivity index (χ4n) is 3.63. The van der Waals surface area contributed by atoms with Crippen molar-refractivity contribution in [2.45, 2.75) is 36.0 Å². The molecule has 0 aliphatic carbocycles. The van der Waals surface area contributed by atoms with Crippen LogP contribution in [0.2, 0.25) is 5.02 Å². The van der Waals surface area contributed by atoms with E-state index in [0.717, 1.165) is 48.9 Å². The van der Waals surface area contributed by atoms with Crippen LogP contribution in [0.4, 0.5) is 5.69 Å². The minimum atomic E-state index is -3.70. The molecule has 4 nitrogen and oxygen atoms in total. The molecule has 0 unspecified atom stereocenters. The van der Waals surface area contributed by atoms with Crippen LogP contribution >= 0.6 is 11.6 Å². The van der Waals surface area contributed by atoms with E-state index in [4.69, 9.17) is 11.6 Å². The maximum atomic E-state index is 13.4. The zero-order chi connectivity index (χ0) is 19.0. The van der Waals surface area contributed by atoms with Crippen LogP contribution in [0.15, 0.2) is 58.5 Å². The van der Waals surface area contributed by atoms with Crippen molar-refractivity contribution in [3.8, 4) is 0 Å². The quantitative estimate of drug-likeness (QED) is 0.626. The summed E-state index contributed by atoms with van der Waals surface area (Å²) in [4.78, 5) is 7.16. The number of rotatable bonds is 4. The van der Waals surface area contributed by atoms with Crippen LogP contribution in [0.1, 0.15) is 25.3 Å². The Balaban J connectivity index is 1.99. The topological polar surface area (TPSA) is 50.3 Å². The number of benzene rings is 2. The second-order valence-electron chi connectivity index (χ2n) is 6.83. The first-order valence-corrected chi connectivity index (χ1v) is 11.0. The standard InChI is InChI=1S/C21H21ClN2O2S/c1-2-15-5-10-19-18(13-15)21(24-11-3-4-12-24)20(14-23-19)27(25,26)17-8-6-16(22)7-9-17/h5-10,13-14H,2-4,11-12H2,1H3. The van der Waals surface area contributed by atoms with Gasteiger partial charge in [-0.05, 0) is 61.2 Å². The van der Waals surface area contributed by atoms with Gasteiger partial charge in [0.2, 0.25) is 9.84 Å². The monoisotopic (exact) mass is 400 g/mol. The highest BCUT2D eigenvalue weighted by atomic mass is 35.5. The Morgan fingerprint density at radius 2 is 1.78 bits per heavy atom. The molecule has 0 saturated carbocycles. The van der Waals surface area contributed by atoms with Gasteiger partial charge in [0.1, 0.15) is 4.90 Å². The molecule has 6 heteroatoms. The minimum Gasteiger partial charge on any atom is -0.370 e. The number of aromatic nitrogens is 1. The Hall–Kier alpha value is -2.11. The van der Waals surface area contributed by atoms with Crippen LogP contribution in [0.25, 0.3) is 10.9 Å². The molecular weight excluding hydrogens is 380 g/mol. The Bertz CT molecular complexity index is 1090. The van der Waals surface area contributed by atoms with E-state index in [9.17, 15) is 8.42 Å². The maximum absolute atomic E-state index is 13.4. The van der Waals surface area contributed by atoms with Crippen molar-refractivity contribution in [3.63, 3.8) is 0 Å². The SMILES string of the molecule is CCc1ccc2ncc(S(=O)(=O)c3ccc(Cl)cc3)c(N3CCCC3)c2c1. The summed E-state index contributed by atoms with van der Waals surface area (Å²) in [5, 5.41) is 1.42. The molecule has 1 aliphatic heterocycles. The fourth-order valence-corrected chi connectivity index (χ4v) is 5.19. The second kappa shape index (κ2) is 7.13. The van der Waals surface area contributed by atoms with Crippen molar-refractivity contribution in [1.29, 1.82) is 0 Å². The summed E-state index contributed by atoms with van der Waals surface area (Å²) >= 11 is 5.94. The van der Waals surface area contributed by atoms with Gasteiger partial charge < -0.3 is 4.90 Å². The average molecular weight is 401 g/mol. The van der Waals surface area contributed by atoms with Crippen LogP contribution in [-0.4, -0.2) is 26.5 Å². The molecule has 1 fully saturated rings. The summed E-state index contributed by atoms with van der Waals surface area (Å²) in [5.41, 5.74) is 2.78. The Morgan fingerprint density at radius 1 is 1.07 bits per heavy atom. The summed E-state index contributed by atoms with van der Waals surface area (Å²) in [5.74, 6) is 0. The molecule has 1 saturated heterocycles. The fraction of sp³-hybridized carbons (Fsp3) is 0.286. The first-order chi connectivity index (χ1) is 13.0. The summed E-state index contributed by atoms with van der Waals surface area (Å²) < 4.78 is 26.8. The lowest BCUT2D eigenvalue weighted by Gasteiger charge is -2.23. The molecule has 1 aromatic heterocycles. The van der Waals surface area contributed by atoms with E-state index >= 15 is 0 Å². The summed E-state index contributed by atoms with van der Waals surface area (Å²) in [6, 6.07) is 12.4. The summed E-state index contributed by atoms with van der Waals surface area (Å²) in [7, 11) is -3.70. The number of halogens is 1. The maximum Gasteiger partial charge on any atom is 0.210 e. The Kier molecular flexibility index (Phi) is 4.82. The minimum absolute atomic E-state index is 0.236. The Morgan fingerprint density at radius 3 is 2.44 bits per heavy atom. The molecule has 27 heavy (non-hydrogen) atoms. The smallest absolute Gasteiger partial charge is 0.210 e. The highest BCUT2D eigenvalue weighted by Crippen LogP contribution is 2.37. The highest BCUT2D eigenvalue weighted by molar-refractivity contribution is 7.91. The predicted octanol–water partition coefficient (Wildman–Crippen LogP) is 4.88. The molecule has 0 radical (unpaired) electrons. The molecule has 0 spiro atoms. The van der Waals surface area contributed by atoms with Gasteiger partial charge in [-0.15, -0.1) is 0 Å². The van der Waals surface area contributed by atoms with Crippen LogP contribution < -0.4 is 4.90 Å². The van der Waals surface area contributed by atoms with E-state index in [-0.39, 0.29) is 9.79 Å².